The predicted octanol–water partition coefficient (Wildman–Crippen LogP) is 4.37. The first-order valence-electron chi connectivity index (χ1n) is 5.78. The predicted molar refractivity (Wildman–Crippen MR) is 71.3 cm³/mol. The van der Waals surface area contributed by atoms with Gasteiger partial charge in [0, 0.05) is 11.3 Å². The molecule has 0 aliphatic rings. The van der Waals surface area contributed by atoms with Crippen LogP contribution in [0.5, 0.6) is 0 Å². The molecule has 0 aliphatic carbocycles. The molecule has 0 spiro atoms. The molecule has 4 heteroatoms. The van der Waals surface area contributed by atoms with Crippen molar-refractivity contribution in [1.29, 1.82) is 0 Å². The van der Waals surface area contributed by atoms with Crippen LogP contribution in [-0.4, -0.2) is 9.97 Å². The van der Waals surface area contributed by atoms with Gasteiger partial charge in [-0.2, -0.15) is 0 Å². The molecular formula is C14H14ClFN2. The van der Waals surface area contributed by atoms with E-state index in [2.05, 4.69) is 9.97 Å². The Labute approximate surface area is 111 Å². The van der Waals surface area contributed by atoms with Crippen LogP contribution in [0.3, 0.4) is 0 Å². The SMILES string of the molecule is Cc1cc(F)ccc1-c1nc(Cl)cc(C(C)C)n1. The Morgan fingerprint density at radius 3 is 2.50 bits per heavy atom. The lowest BCUT2D eigenvalue weighted by atomic mass is 10.1. The van der Waals surface area contributed by atoms with Crippen molar-refractivity contribution in [1.82, 2.24) is 9.97 Å². The standard InChI is InChI=1S/C14H14ClFN2/c1-8(2)12-7-13(15)18-14(17-12)11-5-4-10(16)6-9(11)3/h4-8H,1-3H3. The molecule has 0 N–H and O–H groups in total. The van der Waals surface area contributed by atoms with Crippen LogP contribution >= 0.6 is 11.6 Å². The highest BCUT2D eigenvalue weighted by molar-refractivity contribution is 6.29. The second-order valence-corrected chi connectivity index (χ2v) is 4.94. The number of rotatable bonds is 2. The van der Waals surface area contributed by atoms with Crippen molar-refractivity contribution < 1.29 is 4.39 Å². The average Bonchev–Trinajstić information content (AvgIpc) is 2.27. The van der Waals surface area contributed by atoms with Crippen molar-refractivity contribution in [2.24, 2.45) is 0 Å². The minimum absolute atomic E-state index is 0.262. The van der Waals surface area contributed by atoms with Crippen molar-refractivity contribution in [2.45, 2.75) is 26.7 Å². The average molecular weight is 265 g/mol. The highest BCUT2D eigenvalue weighted by atomic mass is 35.5. The Morgan fingerprint density at radius 1 is 1.17 bits per heavy atom. The third-order valence-corrected chi connectivity index (χ3v) is 2.93. The molecule has 2 aromatic rings. The van der Waals surface area contributed by atoms with Gasteiger partial charge in [-0.15, -0.1) is 0 Å². The number of aromatic nitrogens is 2. The van der Waals surface area contributed by atoms with Gasteiger partial charge in [0.15, 0.2) is 5.82 Å². The zero-order valence-corrected chi connectivity index (χ0v) is 11.3. The molecule has 0 fully saturated rings. The first kappa shape index (κ1) is 13.0. The van der Waals surface area contributed by atoms with E-state index >= 15 is 0 Å². The molecule has 0 aliphatic heterocycles. The van der Waals surface area contributed by atoms with Crippen LogP contribution in [0, 0.1) is 12.7 Å². The fourth-order valence-corrected chi connectivity index (χ4v) is 1.92. The fourth-order valence-electron chi connectivity index (χ4n) is 1.73. The topological polar surface area (TPSA) is 25.8 Å². The summed E-state index contributed by atoms with van der Waals surface area (Å²) in [5, 5.41) is 0.410. The lowest BCUT2D eigenvalue weighted by Crippen LogP contribution is -1.99. The number of benzene rings is 1. The Bertz CT molecular complexity index is 582. The maximum atomic E-state index is 13.1. The van der Waals surface area contributed by atoms with Gasteiger partial charge in [0.1, 0.15) is 11.0 Å². The number of aryl methyl sites for hydroxylation is 1. The molecule has 0 bridgehead atoms. The van der Waals surface area contributed by atoms with Crippen LogP contribution in [0.1, 0.15) is 31.0 Å². The molecule has 2 nitrogen and oxygen atoms in total. The Hall–Kier alpha value is -1.48. The van der Waals surface area contributed by atoms with Gasteiger partial charge in [-0.05, 0) is 42.7 Å². The minimum Gasteiger partial charge on any atom is -0.233 e. The number of hydrogen-bond acceptors (Lipinski definition) is 2. The molecule has 0 saturated carbocycles. The largest absolute Gasteiger partial charge is 0.233 e. The summed E-state index contributed by atoms with van der Waals surface area (Å²) in [7, 11) is 0. The van der Waals surface area contributed by atoms with E-state index in [1.165, 1.54) is 12.1 Å². The molecule has 1 heterocycles. The highest BCUT2D eigenvalue weighted by Crippen LogP contribution is 2.24. The maximum Gasteiger partial charge on any atom is 0.161 e. The van der Waals surface area contributed by atoms with E-state index in [9.17, 15) is 4.39 Å². The van der Waals surface area contributed by atoms with Crippen molar-refractivity contribution in [3.05, 3.63) is 46.5 Å². The summed E-state index contributed by atoms with van der Waals surface area (Å²) in [6.45, 7) is 5.91. The van der Waals surface area contributed by atoms with Crippen LogP contribution in [0.15, 0.2) is 24.3 Å². The summed E-state index contributed by atoms with van der Waals surface area (Å²) in [5.41, 5.74) is 2.49. The van der Waals surface area contributed by atoms with Gasteiger partial charge in [0.25, 0.3) is 0 Å². The highest BCUT2D eigenvalue weighted by Gasteiger charge is 2.10. The summed E-state index contributed by atoms with van der Waals surface area (Å²) >= 11 is 6.00. The first-order chi connectivity index (χ1) is 8.47. The van der Waals surface area contributed by atoms with Crippen molar-refractivity contribution >= 4 is 11.6 Å². The molecule has 0 atom stereocenters. The molecule has 0 unspecified atom stereocenters. The molecular weight excluding hydrogens is 251 g/mol. The smallest absolute Gasteiger partial charge is 0.161 e. The van der Waals surface area contributed by atoms with Crippen LogP contribution < -0.4 is 0 Å². The fraction of sp³-hybridized carbons (Fsp3) is 0.286. The van der Waals surface area contributed by atoms with E-state index in [4.69, 9.17) is 11.6 Å². The van der Waals surface area contributed by atoms with Crippen molar-refractivity contribution in [3.8, 4) is 11.4 Å². The van der Waals surface area contributed by atoms with E-state index in [-0.39, 0.29) is 11.7 Å². The second kappa shape index (κ2) is 5.02. The van der Waals surface area contributed by atoms with Gasteiger partial charge in [-0.25, -0.2) is 14.4 Å². The van der Waals surface area contributed by atoms with Gasteiger partial charge < -0.3 is 0 Å². The third kappa shape index (κ3) is 2.67. The molecule has 94 valence electrons. The Kier molecular flexibility index (Phi) is 3.62. The van der Waals surface area contributed by atoms with Gasteiger partial charge >= 0.3 is 0 Å². The van der Waals surface area contributed by atoms with E-state index in [1.54, 1.807) is 12.1 Å². The van der Waals surface area contributed by atoms with Crippen LogP contribution in [0.2, 0.25) is 5.15 Å². The molecule has 18 heavy (non-hydrogen) atoms. The molecule has 0 radical (unpaired) electrons. The quantitative estimate of drug-likeness (QED) is 0.753. The molecule has 2 rings (SSSR count). The number of halogens is 2. The van der Waals surface area contributed by atoms with Gasteiger partial charge in [0.05, 0.1) is 0 Å². The summed E-state index contributed by atoms with van der Waals surface area (Å²) in [6.07, 6.45) is 0. The normalized spacial score (nSPS) is 11.0. The Balaban J connectivity index is 2.56. The van der Waals surface area contributed by atoms with E-state index in [0.29, 0.717) is 11.0 Å². The van der Waals surface area contributed by atoms with Crippen LogP contribution in [0.4, 0.5) is 4.39 Å². The first-order valence-corrected chi connectivity index (χ1v) is 6.16. The minimum atomic E-state index is -0.262. The van der Waals surface area contributed by atoms with E-state index in [1.807, 2.05) is 20.8 Å². The zero-order chi connectivity index (χ0) is 13.3. The summed E-state index contributed by atoms with van der Waals surface area (Å²) in [6, 6.07) is 6.31. The lowest BCUT2D eigenvalue weighted by molar-refractivity contribution is 0.627. The summed E-state index contributed by atoms with van der Waals surface area (Å²) in [4.78, 5) is 8.68. The third-order valence-electron chi connectivity index (χ3n) is 2.74. The monoisotopic (exact) mass is 264 g/mol. The van der Waals surface area contributed by atoms with E-state index in [0.717, 1.165) is 16.8 Å². The lowest BCUT2D eigenvalue weighted by Gasteiger charge is -2.09. The number of hydrogen-bond donors (Lipinski definition) is 0. The van der Waals surface area contributed by atoms with Gasteiger partial charge in [0.2, 0.25) is 0 Å². The number of nitrogens with zero attached hydrogens (tertiary/aromatic N) is 2. The molecule has 1 aromatic heterocycles. The van der Waals surface area contributed by atoms with Crippen LogP contribution in [-0.2, 0) is 0 Å². The van der Waals surface area contributed by atoms with Gasteiger partial charge in [-0.3, -0.25) is 0 Å². The van der Waals surface area contributed by atoms with Crippen molar-refractivity contribution in [2.75, 3.05) is 0 Å². The zero-order valence-electron chi connectivity index (χ0n) is 10.5. The molecule has 1 aromatic carbocycles. The second-order valence-electron chi connectivity index (χ2n) is 4.55. The molecule has 0 amide bonds. The maximum absolute atomic E-state index is 13.1. The van der Waals surface area contributed by atoms with Gasteiger partial charge in [-0.1, -0.05) is 25.4 Å². The Morgan fingerprint density at radius 2 is 1.89 bits per heavy atom. The van der Waals surface area contributed by atoms with E-state index < -0.39 is 0 Å². The summed E-state index contributed by atoms with van der Waals surface area (Å²) < 4.78 is 13.1. The van der Waals surface area contributed by atoms with Crippen LogP contribution in [0.25, 0.3) is 11.4 Å². The van der Waals surface area contributed by atoms with Crippen molar-refractivity contribution in [3.63, 3.8) is 0 Å². The molecule has 0 saturated heterocycles. The summed E-state index contributed by atoms with van der Waals surface area (Å²) in [5.74, 6) is 0.552.